The minimum atomic E-state index is -0.425. The standard InChI is InChI=1S/C21H32N2O3/c1-20(2)16-9-10-21(20,3)18(15-16)25-13-11-22-12-14-26-19(24)23-17-7-5-4-6-8-17/h4-8,16,18,22H,9-15H2,1-3H3,(H,23,24)/t16-,18+,21-/m0/s1. The number of carbonyl (C=O) groups excluding carboxylic acids is 1. The van der Waals surface area contributed by atoms with Crippen molar-refractivity contribution in [2.24, 2.45) is 16.7 Å². The van der Waals surface area contributed by atoms with Crippen LogP contribution in [0.25, 0.3) is 0 Å². The molecule has 0 spiro atoms. The predicted octanol–water partition coefficient (Wildman–Crippen LogP) is 4.06. The van der Waals surface area contributed by atoms with Crippen molar-refractivity contribution in [1.29, 1.82) is 0 Å². The van der Waals surface area contributed by atoms with Crippen molar-refractivity contribution >= 4 is 11.8 Å². The van der Waals surface area contributed by atoms with Crippen molar-refractivity contribution in [3.8, 4) is 0 Å². The minimum absolute atomic E-state index is 0.316. The van der Waals surface area contributed by atoms with Crippen LogP contribution in [0.4, 0.5) is 10.5 Å². The van der Waals surface area contributed by atoms with E-state index in [-0.39, 0.29) is 0 Å². The van der Waals surface area contributed by atoms with Gasteiger partial charge in [0.15, 0.2) is 0 Å². The van der Waals surface area contributed by atoms with Gasteiger partial charge in [0.05, 0.1) is 12.7 Å². The summed E-state index contributed by atoms with van der Waals surface area (Å²) in [5, 5.41) is 5.97. The van der Waals surface area contributed by atoms with Gasteiger partial charge in [0.1, 0.15) is 6.61 Å². The smallest absolute Gasteiger partial charge is 0.411 e. The molecule has 1 aromatic rings. The number of ether oxygens (including phenoxy) is 2. The summed E-state index contributed by atoms with van der Waals surface area (Å²) in [6.45, 7) is 9.67. The van der Waals surface area contributed by atoms with E-state index < -0.39 is 6.09 Å². The highest BCUT2D eigenvalue weighted by Crippen LogP contribution is 2.66. The third kappa shape index (κ3) is 3.89. The van der Waals surface area contributed by atoms with Gasteiger partial charge in [0.25, 0.3) is 0 Å². The average Bonchev–Trinajstić information content (AvgIpc) is 2.95. The first-order chi connectivity index (χ1) is 12.4. The van der Waals surface area contributed by atoms with Crippen LogP contribution in [-0.2, 0) is 9.47 Å². The number of fused-ring (bicyclic) bond motifs is 2. The normalized spacial score (nSPS) is 28.9. The van der Waals surface area contributed by atoms with Crippen LogP contribution >= 0.6 is 0 Å². The van der Waals surface area contributed by atoms with Crippen LogP contribution in [-0.4, -0.2) is 38.5 Å². The molecular formula is C21H32N2O3. The number of hydrogen-bond donors (Lipinski definition) is 2. The molecule has 0 aromatic heterocycles. The van der Waals surface area contributed by atoms with Crippen molar-refractivity contribution in [1.82, 2.24) is 5.32 Å². The maximum atomic E-state index is 11.7. The van der Waals surface area contributed by atoms with Gasteiger partial charge in [-0.2, -0.15) is 0 Å². The maximum absolute atomic E-state index is 11.7. The first-order valence-electron chi connectivity index (χ1n) is 9.74. The number of benzene rings is 1. The second-order valence-electron chi connectivity index (χ2n) is 8.35. The van der Waals surface area contributed by atoms with Gasteiger partial charge in [-0.1, -0.05) is 39.0 Å². The molecule has 0 unspecified atom stereocenters. The van der Waals surface area contributed by atoms with Crippen LogP contribution in [0, 0.1) is 16.7 Å². The third-order valence-electron chi connectivity index (χ3n) is 6.84. The highest BCUT2D eigenvalue weighted by molar-refractivity contribution is 5.84. The van der Waals surface area contributed by atoms with E-state index in [1.54, 1.807) is 0 Å². The lowest BCUT2D eigenvalue weighted by molar-refractivity contribution is -0.0450. The van der Waals surface area contributed by atoms with Gasteiger partial charge in [-0.05, 0) is 48.1 Å². The first-order valence-corrected chi connectivity index (χ1v) is 9.74. The molecule has 2 N–H and O–H groups in total. The van der Waals surface area contributed by atoms with E-state index >= 15 is 0 Å². The van der Waals surface area contributed by atoms with Crippen molar-refractivity contribution in [2.45, 2.75) is 46.1 Å². The predicted molar refractivity (Wildman–Crippen MR) is 103 cm³/mol. The SMILES string of the molecule is CC1(C)[C@H]2CC[C@@]1(C)[C@H](OCCNCCOC(=O)Nc1ccccc1)C2. The van der Waals surface area contributed by atoms with E-state index in [2.05, 4.69) is 31.4 Å². The molecule has 26 heavy (non-hydrogen) atoms. The van der Waals surface area contributed by atoms with Crippen molar-refractivity contribution in [3.63, 3.8) is 0 Å². The van der Waals surface area contributed by atoms with Crippen LogP contribution in [0.5, 0.6) is 0 Å². The topological polar surface area (TPSA) is 59.6 Å². The number of amides is 1. The van der Waals surface area contributed by atoms with E-state index in [9.17, 15) is 4.79 Å². The molecule has 1 aromatic carbocycles. The highest BCUT2D eigenvalue weighted by Gasteiger charge is 2.61. The number of para-hydroxylation sites is 1. The van der Waals surface area contributed by atoms with E-state index in [1.807, 2.05) is 30.3 Å². The van der Waals surface area contributed by atoms with E-state index in [1.165, 1.54) is 19.3 Å². The Morgan fingerprint density at radius 3 is 2.54 bits per heavy atom. The lowest BCUT2D eigenvalue weighted by Crippen LogP contribution is -2.38. The average molecular weight is 360 g/mol. The Kier molecular flexibility index (Phi) is 5.88. The maximum Gasteiger partial charge on any atom is 0.411 e. The molecule has 2 bridgehead atoms. The van der Waals surface area contributed by atoms with Gasteiger partial charge < -0.3 is 14.8 Å². The number of hydrogen-bond acceptors (Lipinski definition) is 4. The van der Waals surface area contributed by atoms with E-state index in [0.717, 1.165) is 18.2 Å². The molecule has 3 atom stereocenters. The lowest BCUT2D eigenvalue weighted by Gasteiger charge is -2.38. The van der Waals surface area contributed by atoms with E-state index in [0.29, 0.717) is 36.7 Å². The molecule has 2 saturated carbocycles. The van der Waals surface area contributed by atoms with Crippen molar-refractivity contribution in [2.75, 3.05) is 31.6 Å². The molecular weight excluding hydrogens is 328 g/mol. The van der Waals surface area contributed by atoms with E-state index in [4.69, 9.17) is 9.47 Å². The fraction of sp³-hybridized carbons (Fsp3) is 0.667. The minimum Gasteiger partial charge on any atom is -0.448 e. The monoisotopic (exact) mass is 360 g/mol. The molecule has 0 saturated heterocycles. The first kappa shape index (κ1) is 19.2. The molecule has 1 amide bonds. The molecule has 144 valence electrons. The highest BCUT2D eigenvalue weighted by atomic mass is 16.5. The number of carbonyl (C=O) groups is 1. The van der Waals surface area contributed by atoms with Crippen molar-refractivity contribution < 1.29 is 14.3 Å². The summed E-state index contributed by atoms with van der Waals surface area (Å²) in [5.74, 6) is 0.807. The Morgan fingerprint density at radius 1 is 1.15 bits per heavy atom. The molecule has 2 aliphatic rings. The second kappa shape index (κ2) is 7.97. The molecule has 5 nitrogen and oxygen atoms in total. The Labute approximate surface area is 156 Å². The van der Waals surface area contributed by atoms with Crippen LogP contribution < -0.4 is 10.6 Å². The molecule has 2 fully saturated rings. The van der Waals surface area contributed by atoms with Gasteiger partial charge in [0, 0.05) is 18.8 Å². The van der Waals surface area contributed by atoms with Gasteiger partial charge in [-0.3, -0.25) is 5.32 Å². The fourth-order valence-corrected chi connectivity index (χ4v) is 4.67. The summed E-state index contributed by atoms with van der Waals surface area (Å²) in [5.41, 5.74) is 1.45. The Morgan fingerprint density at radius 2 is 1.88 bits per heavy atom. The fourth-order valence-electron chi connectivity index (χ4n) is 4.67. The molecule has 0 aliphatic heterocycles. The Bertz CT molecular complexity index is 605. The number of nitrogens with one attached hydrogen (secondary N) is 2. The quantitative estimate of drug-likeness (QED) is 0.687. The number of rotatable bonds is 8. The van der Waals surface area contributed by atoms with Gasteiger partial charge in [-0.25, -0.2) is 4.79 Å². The molecule has 0 heterocycles. The summed E-state index contributed by atoms with van der Waals surface area (Å²) in [7, 11) is 0. The zero-order chi connectivity index (χ0) is 18.6. The Balaban J connectivity index is 1.25. The summed E-state index contributed by atoms with van der Waals surface area (Å²) in [6, 6.07) is 9.30. The lowest BCUT2D eigenvalue weighted by atomic mass is 9.70. The second-order valence-corrected chi connectivity index (χ2v) is 8.35. The summed E-state index contributed by atoms with van der Waals surface area (Å²) in [6.07, 6.45) is 3.79. The summed E-state index contributed by atoms with van der Waals surface area (Å²) >= 11 is 0. The van der Waals surface area contributed by atoms with Gasteiger partial charge in [0.2, 0.25) is 0 Å². The summed E-state index contributed by atoms with van der Waals surface area (Å²) in [4.78, 5) is 11.7. The van der Waals surface area contributed by atoms with Gasteiger partial charge >= 0.3 is 6.09 Å². The van der Waals surface area contributed by atoms with Crippen LogP contribution in [0.15, 0.2) is 30.3 Å². The van der Waals surface area contributed by atoms with Crippen LogP contribution in [0.3, 0.4) is 0 Å². The Hall–Kier alpha value is -1.59. The summed E-state index contributed by atoms with van der Waals surface area (Å²) < 4.78 is 11.4. The third-order valence-corrected chi connectivity index (χ3v) is 6.84. The number of anilines is 1. The molecule has 0 radical (unpaired) electrons. The molecule has 2 aliphatic carbocycles. The zero-order valence-electron chi connectivity index (χ0n) is 16.2. The largest absolute Gasteiger partial charge is 0.448 e. The van der Waals surface area contributed by atoms with Gasteiger partial charge in [-0.15, -0.1) is 0 Å². The van der Waals surface area contributed by atoms with Crippen molar-refractivity contribution in [3.05, 3.63) is 30.3 Å². The molecule has 3 rings (SSSR count). The van der Waals surface area contributed by atoms with Crippen LogP contribution in [0.1, 0.15) is 40.0 Å². The van der Waals surface area contributed by atoms with Crippen LogP contribution in [0.2, 0.25) is 0 Å². The molecule has 5 heteroatoms. The zero-order valence-corrected chi connectivity index (χ0v) is 16.2.